The average molecular weight is 959 g/mol. The van der Waals surface area contributed by atoms with E-state index in [0.717, 1.165) is 83.5 Å². The van der Waals surface area contributed by atoms with Crippen molar-refractivity contribution < 1.29 is 24.5 Å². The Balaban J connectivity index is 3.47. The van der Waals surface area contributed by atoms with Crippen molar-refractivity contribution in [3.63, 3.8) is 0 Å². The quantitative estimate of drug-likeness (QED) is 0.0321. The fraction of sp³-hybridized carbons (Fsp3) is 0.903. The van der Waals surface area contributed by atoms with Gasteiger partial charge in [0.2, 0.25) is 5.91 Å². The number of amides is 1. The van der Waals surface area contributed by atoms with Crippen LogP contribution in [0.1, 0.15) is 335 Å². The van der Waals surface area contributed by atoms with Gasteiger partial charge in [-0.1, -0.05) is 282 Å². The summed E-state index contributed by atoms with van der Waals surface area (Å²) in [6.07, 6.45) is 70.4. The smallest absolute Gasteiger partial charge is 0.305 e. The van der Waals surface area contributed by atoms with Crippen LogP contribution in [0, 0.1) is 0 Å². The molecule has 0 aliphatic rings. The maximum Gasteiger partial charge on any atom is 0.305 e. The van der Waals surface area contributed by atoms with E-state index < -0.39 is 12.1 Å². The third kappa shape index (κ3) is 53.7. The Morgan fingerprint density at radius 1 is 0.412 bits per heavy atom. The first-order valence-corrected chi connectivity index (χ1v) is 30.6. The zero-order valence-electron chi connectivity index (χ0n) is 45.9. The molecule has 0 radical (unpaired) electrons. The van der Waals surface area contributed by atoms with E-state index in [0.29, 0.717) is 25.9 Å². The Hall–Kier alpha value is -1.66. The molecule has 0 saturated heterocycles. The van der Waals surface area contributed by atoms with Crippen molar-refractivity contribution in [2.45, 2.75) is 347 Å². The summed E-state index contributed by atoms with van der Waals surface area (Å²) in [5, 5.41) is 23.3. The molecule has 2 unspecified atom stereocenters. The molecule has 0 spiro atoms. The average Bonchev–Trinajstić information content (AvgIpc) is 3.34. The molecule has 402 valence electrons. The zero-order valence-corrected chi connectivity index (χ0v) is 45.9. The summed E-state index contributed by atoms with van der Waals surface area (Å²) in [4.78, 5) is 24.6. The van der Waals surface area contributed by atoms with Crippen LogP contribution in [0.25, 0.3) is 0 Å². The summed E-state index contributed by atoms with van der Waals surface area (Å²) < 4.78 is 5.47. The highest BCUT2D eigenvalue weighted by Crippen LogP contribution is 2.18. The van der Waals surface area contributed by atoms with Gasteiger partial charge in [-0.3, -0.25) is 9.59 Å². The van der Waals surface area contributed by atoms with Crippen molar-refractivity contribution in [1.29, 1.82) is 0 Å². The third-order valence-corrected chi connectivity index (χ3v) is 14.3. The fourth-order valence-corrected chi connectivity index (χ4v) is 9.55. The number of unbranched alkanes of at least 4 members (excludes halogenated alkanes) is 42. The standard InChI is InChI=1S/C62H119NO5/c1-3-5-7-9-11-13-15-17-19-21-24-28-32-36-40-44-48-52-56-62(67)68-57-53-49-45-41-37-33-29-25-22-23-27-31-35-39-43-47-51-55-61(66)63-59(58-64)60(65)54-50-46-42-38-34-30-26-20-18-16-14-12-10-8-6-4-2/h22,25,33,37,59-60,64-65H,3-21,23-24,26-32,34-36,38-58H2,1-2H3,(H,63,66)/b25-22-,37-33-. The number of hydrogen-bond donors (Lipinski definition) is 3. The van der Waals surface area contributed by atoms with Gasteiger partial charge in [0.1, 0.15) is 0 Å². The molecule has 0 heterocycles. The van der Waals surface area contributed by atoms with Crippen molar-refractivity contribution in [3.05, 3.63) is 24.3 Å². The monoisotopic (exact) mass is 958 g/mol. The molecule has 6 heteroatoms. The van der Waals surface area contributed by atoms with Gasteiger partial charge in [0.05, 0.1) is 25.4 Å². The van der Waals surface area contributed by atoms with E-state index in [1.807, 2.05) is 0 Å². The van der Waals surface area contributed by atoms with Crippen LogP contribution in [0.15, 0.2) is 24.3 Å². The number of aliphatic hydroxyl groups is 2. The van der Waals surface area contributed by atoms with Crippen LogP contribution in [-0.4, -0.2) is 47.4 Å². The summed E-state index contributed by atoms with van der Waals surface area (Å²) >= 11 is 0. The number of hydrogen-bond acceptors (Lipinski definition) is 5. The van der Waals surface area contributed by atoms with Crippen molar-refractivity contribution in [3.8, 4) is 0 Å². The largest absolute Gasteiger partial charge is 0.466 e. The second-order valence-corrected chi connectivity index (χ2v) is 21.0. The highest BCUT2D eigenvalue weighted by molar-refractivity contribution is 5.76. The summed E-state index contributed by atoms with van der Waals surface area (Å²) in [6.45, 7) is 4.93. The maximum absolute atomic E-state index is 12.5. The Morgan fingerprint density at radius 3 is 1.12 bits per heavy atom. The van der Waals surface area contributed by atoms with Crippen molar-refractivity contribution in [2.24, 2.45) is 0 Å². The first-order chi connectivity index (χ1) is 33.5. The van der Waals surface area contributed by atoms with Crippen LogP contribution in [-0.2, 0) is 14.3 Å². The van der Waals surface area contributed by atoms with E-state index in [2.05, 4.69) is 43.5 Å². The lowest BCUT2D eigenvalue weighted by atomic mass is 10.0. The molecule has 0 aromatic rings. The normalized spacial score (nSPS) is 12.7. The van der Waals surface area contributed by atoms with Gasteiger partial charge in [-0.05, 0) is 64.2 Å². The van der Waals surface area contributed by atoms with Crippen LogP contribution in [0.4, 0.5) is 0 Å². The minimum atomic E-state index is -0.675. The number of rotatable bonds is 57. The number of nitrogens with one attached hydrogen (secondary N) is 1. The topological polar surface area (TPSA) is 95.9 Å². The van der Waals surface area contributed by atoms with E-state index in [4.69, 9.17) is 4.74 Å². The lowest BCUT2D eigenvalue weighted by molar-refractivity contribution is -0.143. The summed E-state index contributed by atoms with van der Waals surface area (Å²) in [5.41, 5.74) is 0. The molecule has 0 fully saturated rings. The molecule has 0 aromatic heterocycles. The lowest BCUT2D eigenvalue weighted by Crippen LogP contribution is -2.45. The summed E-state index contributed by atoms with van der Waals surface area (Å²) in [5.74, 6) is -0.0596. The third-order valence-electron chi connectivity index (χ3n) is 14.3. The van der Waals surface area contributed by atoms with Crippen molar-refractivity contribution in [2.75, 3.05) is 13.2 Å². The lowest BCUT2D eigenvalue weighted by Gasteiger charge is -2.22. The van der Waals surface area contributed by atoms with Crippen LogP contribution in [0.3, 0.4) is 0 Å². The van der Waals surface area contributed by atoms with Gasteiger partial charge in [-0.2, -0.15) is 0 Å². The predicted molar refractivity (Wildman–Crippen MR) is 296 cm³/mol. The van der Waals surface area contributed by atoms with Crippen molar-refractivity contribution in [1.82, 2.24) is 5.32 Å². The van der Waals surface area contributed by atoms with Gasteiger partial charge >= 0.3 is 5.97 Å². The van der Waals surface area contributed by atoms with Gasteiger partial charge in [-0.25, -0.2) is 0 Å². The maximum atomic E-state index is 12.5. The van der Waals surface area contributed by atoms with E-state index in [-0.39, 0.29) is 18.5 Å². The Morgan fingerprint density at radius 2 is 0.735 bits per heavy atom. The summed E-state index contributed by atoms with van der Waals surface area (Å²) in [7, 11) is 0. The zero-order chi connectivity index (χ0) is 49.3. The van der Waals surface area contributed by atoms with Gasteiger partial charge < -0.3 is 20.3 Å². The van der Waals surface area contributed by atoms with Crippen LogP contribution in [0.2, 0.25) is 0 Å². The number of carbonyl (C=O) groups excluding carboxylic acids is 2. The van der Waals surface area contributed by atoms with E-state index in [1.165, 1.54) is 218 Å². The Bertz CT molecular complexity index is 1060. The van der Waals surface area contributed by atoms with Crippen LogP contribution < -0.4 is 5.32 Å². The molecule has 2 atom stereocenters. The molecular formula is C62H119NO5. The second kappa shape index (κ2) is 57.9. The van der Waals surface area contributed by atoms with Gasteiger partial charge in [0, 0.05) is 12.8 Å². The molecule has 0 saturated carbocycles. The van der Waals surface area contributed by atoms with Crippen LogP contribution in [0.5, 0.6) is 0 Å². The van der Waals surface area contributed by atoms with Gasteiger partial charge in [0.25, 0.3) is 0 Å². The molecule has 0 aliphatic heterocycles. The number of carbonyl (C=O) groups is 2. The predicted octanol–water partition coefficient (Wildman–Crippen LogP) is 19.0. The van der Waals surface area contributed by atoms with E-state index >= 15 is 0 Å². The van der Waals surface area contributed by atoms with E-state index in [9.17, 15) is 19.8 Å². The molecule has 6 nitrogen and oxygen atoms in total. The first kappa shape index (κ1) is 66.3. The fourth-order valence-electron chi connectivity index (χ4n) is 9.55. The van der Waals surface area contributed by atoms with E-state index in [1.54, 1.807) is 0 Å². The number of esters is 1. The van der Waals surface area contributed by atoms with Gasteiger partial charge in [-0.15, -0.1) is 0 Å². The molecule has 0 rings (SSSR count). The number of ether oxygens (including phenoxy) is 1. The molecule has 0 bridgehead atoms. The molecule has 0 aliphatic carbocycles. The van der Waals surface area contributed by atoms with Crippen LogP contribution >= 0.6 is 0 Å². The molecule has 68 heavy (non-hydrogen) atoms. The number of allylic oxidation sites excluding steroid dienone is 4. The Labute approximate surface area is 424 Å². The second-order valence-electron chi connectivity index (χ2n) is 21.0. The molecule has 3 N–H and O–H groups in total. The summed E-state index contributed by atoms with van der Waals surface area (Å²) in [6, 6.07) is -0.553. The molecular weight excluding hydrogens is 839 g/mol. The Kier molecular flexibility index (Phi) is 56.5. The molecule has 1 amide bonds. The SMILES string of the molecule is CCCCCCCCCCCCCCCCCCCCC(=O)OCCCCC/C=C\C/C=C\CCCCCCCCCC(=O)NC(CO)C(O)CCCCCCCCCCCCCCCCCC. The minimum Gasteiger partial charge on any atom is -0.466 e. The highest BCUT2D eigenvalue weighted by atomic mass is 16.5. The van der Waals surface area contributed by atoms with Crippen molar-refractivity contribution >= 4 is 11.9 Å². The number of aliphatic hydroxyl groups excluding tert-OH is 2. The van der Waals surface area contributed by atoms with Gasteiger partial charge in [0.15, 0.2) is 0 Å². The molecule has 0 aromatic carbocycles. The highest BCUT2D eigenvalue weighted by Gasteiger charge is 2.20. The first-order valence-electron chi connectivity index (χ1n) is 30.6. The minimum absolute atomic E-state index is 0.0106.